The molecule has 27 heavy (non-hydrogen) atoms. The second-order valence-corrected chi connectivity index (χ2v) is 7.46. The molecular formula is C20H27N5O2. The van der Waals surface area contributed by atoms with Gasteiger partial charge in [0.25, 0.3) is 5.91 Å². The zero-order valence-electron chi connectivity index (χ0n) is 16.0. The van der Waals surface area contributed by atoms with E-state index in [4.69, 9.17) is 4.74 Å². The lowest BCUT2D eigenvalue weighted by molar-refractivity contribution is 0.0784. The molecule has 2 aliphatic rings. The van der Waals surface area contributed by atoms with Gasteiger partial charge >= 0.3 is 0 Å². The molecule has 7 nitrogen and oxygen atoms in total. The molecule has 4 rings (SSSR count). The molecule has 1 aromatic carbocycles. The molecule has 2 saturated heterocycles. The molecule has 2 aliphatic heterocycles. The number of benzene rings is 1. The molecule has 1 atom stereocenters. The SMILES string of the molecule is COc1ccc(C2CCN(C(=O)c3nnn(C4CCNCC4)c3C)C2)cc1. The fraction of sp³-hybridized carbons (Fsp3) is 0.550. The van der Waals surface area contributed by atoms with Crippen LogP contribution >= 0.6 is 0 Å². The van der Waals surface area contributed by atoms with Gasteiger partial charge < -0.3 is 15.0 Å². The normalized spacial score (nSPS) is 20.8. The number of likely N-dealkylation sites (tertiary alicyclic amines) is 1. The molecule has 144 valence electrons. The number of aromatic nitrogens is 3. The lowest BCUT2D eigenvalue weighted by atomic mass is 9.98. The second kappa shape index (κ2) is 7.68. The zero-order chi connectivity index (χ0) is 18.8. The Morgan fingerprint density at radius 2 is 1.93 bits per heavy atom. The molecule has 1 aromatic heterocycles. The number of carbonyl (C=O) groups is 1. The summed E-state index contributed by atoms with van der Waals surface area (Å²) in [5, 5.41) is 11.9. The van der Waals surface area contributed by atoms with Crippen LogP contribution in [0, 0.1) is 6.92 Å². The average molecular weight is 369 g/mol. The van der Waals surface area contributed by atoms with E-state index in [2.05, 4.69) is 27.8 Å². The van der Waals surface area contributed by atoms with Crippen molar-refractivity contribution in [2.75, 3.05) is 33.3 Å². The monoisotopic (exact) mass is 369 g/mol. The van der Waals surface area contributed by atoms with Gasteiger partial charge in [-0.25, -0.2) is 4.68 Å². The molecule has 0 spiro atoms. The first kappa shape index (κ1) is 18.0. The topological polar surface area (TPSA) is 72.3 Å². The van der Waals surface area contributed by atoms with E-state index in [1.807, 2.05) is 28.6 Å². The summed E-state index contributed by atoms with van der Waals surface area (Å²) in [6, 6.07) is 8.49. The largest absolute Gasteiger partial charge is 0.497 e. The Hall–Kier alpha value is -2.41. The predicted octanol–water partition coefficient (Wildman–Crippen LogP) is 2.15. The summed E-state index contributed by atoms with van der Waals surface area (Å²) in [6.45, 7) is 5.43. The summed E-state index contributed by atoms with van der Waals surface area (Å²) in [7, 11) is 1.67. The average Bonchev–Trinajstić information content (AvgIpc) is 3.35. The Morgan fingerprint density at radius 3 is 2.63 bits per heavy atom. The van der Waals surface area contributed by atoms with Gasteiger partial charge in [0, 0.05) is 19.0 Å². The summed E-state index contributed by atoms with van der Waals surface area (Å²) in [5.41, 5.74) is 2.64. The summed E-state index contributed by atoms with van der Waals surface area (Å²) >= 11 is 0. The maximum Gasteiger partial charge on any atom is 0.276 e. The van der Waals surface area contributed by atoms with E-state index in [9.17, 15) is 4.79 Å². The van der Waals surface area contributed by atoms with E-state index in [0.717, 1.165) is 56.9 Å². The molecule has 1 amide bonds. The van der Waals surface area contributed by atoms with Crippen LogP contribution in [0.25, 0.3) is 0 Å². The van der Waals surface area contributed by atoms with E-state index in [-0.39, 0.29) is 5.91 Å². The van der Waals surface area contributed by atoms with Gasteiger partial charge in [0.05, 0.1) is 18.8 Å². The van der Waals surface area contributed by atoms with Gasteiger partial charge in [-0.05, 0) is 57.0 Å². The number of hydrogen-bond acceptors (Lipinski definition) is 5. The van der Waals surface area contributed by atoms with Crippen LogP contribution in [0.2, 0.25) is 0 Å². The Bertz CT molecular complexity index is 795. The third-order valence-corrected chi connectivity index (χ3v) is 5.85. The smallest absolute Gasteiger partial charge is 0.276 e. The number of piperidine rings is 1. The highest BCUT2D eigenvalue weighted by molar-refractivity contribution is 5.93. The minimum Gasteiger partial charge on any atom is -0.497 e. The van der Waals surface area contributed by atoms with Crippen molar-refractivity contribution in [2.24, 2.45) is 0 Å². The van der Waals surface area contributed by atoms with Crippen LogP contribution < -0.4 is 10.1 Å². The molecule has 7 heteroatoms. The fourth-order valence-corrected chi connectivity index (χ4v) is 4.18. The summed E-state index contributed by atoms with van der Waals surface area (Å²) in [4.78, 5) is 14.9. The van der Waals surface area contributed by atoms with Crippen LogP contribution in [0.4, 0.5) is 0 Å². The van der Waals surface area contributed by atoms with E-state index in [1.54, 1.807) is 7.11 Å². The number of methoxy groups -OCH3 is 1. The van der Waals surface area contributed by atoms with Crippen molar-refractivity contribution in [3.63, 3.8) is 0 Å². The van der Waals surface area contributed by atoms with Crippen LogP contribution in [0.3, 0.4) is 0 Å². The van der Waals surface area contributed by atoms with Gasteiger partial charge in [-0.2, -0.15) is 0 Å². The number of amides is 1. The minimum atomic E-state index is 0.00342. The van der Waals surface area contributed by atoms with Crippen LogP contribution in [-0.2, 0) is 0 Å². The highest BCUT2D eigenvalue weighted by Crippen LogP contribution is 2.30. The van der Waals surface area contributed by atoms with Crippen molar-refractivity contribution < 1.29 is 9.53 Å². The molecule has 1 N–H and O–H groups in total. The highest BCUT2D eigenvalue weighted by atomic mass is 16.5. The molecule has 1 unspecified atom stereocenters. The Morgan fingerprint density at radius 1 is 1.19 bits per heavy atom. The van der Waals surface area contributed by atoms with E-state index in [0.29, 0.717) is 17.7 Å². The van der Waals surface area contributed by atoms with Gasteiger partial charge in [-0.3, -0.25) is 4.79 Å². The third kappa shape index (κ3) is 3.56. The first-order valence-corrected chi connectivity index (χ1v) is 9.73. The number of ether oxygens (including phenoxy) is 1. The Labute approximate surface area is 159 Å². The number of nitrogens with zero attached hydrogens (tertiary/aromatic N) is 4. The second-order valence-electron chi connectivity index (χ2n) is 7.46. The molecule has 0 aliphatic carbocycles. The van der Waals surface area contributed by atoms with Crippen LogP contribution in [-0.4, -0.2) is 59.1 Å². The predicted molar refractivity (Wildman–Crippen MR) is 102 cm³/mol. The van der Waals surface area contributed by atoms with Gasteiger partial charge in [0.15, 0.2) is 5.69 Å². The fourth-order valence-electron chi connectivity index (χ4n) is 4.18. The van der Waals surface area contributed by atoms with Crippen LogP contribution in [0.5, 0.6) is 5.75 Å². The molecule has 2 aromatic rings. The van der Waals surface area contributed by atoms with Crippen molar-refractivity contribution in [3.8, 4) is 5.75 Å². The minimum absolute atomic E-state index is 0.00342. The van der Waals surface area contributed by atoms with Gasteiger partial charge in [-0.15, -0.1) is 5.10 Å². The molecule has 2 fully saturated rings. The van der Waals surface area contributed by atoms with Gasteiger partial charge in [0.1, 0.15) is 5.75 Å². The lowest BCUT2D eigenvalue weighted by Gasteiger charge is -2.23. The molecule has 0 saturated carbocycles. The van der Waals surface area contributed by atoms with Crippen LogP contribution in [0.1, 0.15) is 53.0 Å². The first-order valence-electron chi connectivity index (χ1n) is 9.73. The Kier molecular flexibility index (Phi) is 5.11. The van der Waals surface area contributed by atoms with Crippen molar-refractivity contribution >= 4 is 5.91 Å². The van der Waals surface area contributed by atoms with Crippen molar-refractivity contribution in [2.45, 2.75) is 38.1 Å². The Balaban J connectivity index is 1.45. The van der Waals surface area contributed by atoms with E-state index in [1.165, 1.54) is 5.56 Å². The molecule has 3 heterocycles. The maximum absolute atomic E-state index is 13.0. The van der Waals surface area contributed by atoms with Gasteiger partial charge in [-0.1, -0.05) is 17.3 Å². The van der Waals surface area contributed by atoms with Crippen LogP contribution in [0.15, 0.2) is 24.3 Å². The number of hydrogen-bond donors (Lipinski definition) is 1. The van der Waals surface area contributed by atoms with Crippen molar-refractivity contribution in [1.29, 1.82) is 0 Å². The van der Waals surface area contributed by atoms with E-state index >= 15 is 0 Å². The number of nitrogens with one attached hydrogen (secondary N) is 1. The standard InChI is InChI=1S/C20H27N5O2/c1-14-19(22-23-25(14)17-7-10-21-11-8-17)20(26)24-12-9-16(13-24)15-3-5-18(27-2)6-4-15/h3-6,16-17,21H,7-13H2,1-2H3. The molecule has 0 bridgehead atoms. The summed E-state index contributed by atoms with van der Waals surface area (Å²) in [5.74, 6) is 1.22. The van der Waals surface area contributed by atoms with Crippen molar-refractivity contribution in [3.05, 3.63) is 41.2 Å². The van der Waals surface area contributed by atoms with E-state index < -0.39 is 0 Å². The molecule has 0 radical (unpaired) electrons. The quantitative estimate of drug-likeness (QED) is 0.894. The summed E-state index contributed by atoms with van der Waals surface area (Å²) < 4.78 is 7.18. The highest BCUT2D eigenvalue weighted by Gasteiger charge is 2.31. The number of carbonyl (C=O) groups excluding carboxylic acids is 1. The number of rotatable bonds is 4. The van der Waals surface area contributed by atoms with Gasteiger partial charge in [0.2, 0.25) is 0 Å². The molecular weight excluding hydrogens is 342 g/mol. The first-order chi connectivity index (χ1) is 13.2. The third-order valence-electron chi connectivity index (χ3n) is 5.85. The van der Waals surface area contributed by atoms with Crippen molar-refractivity contribution in [1.82, 2.24) is 25.2 Å². The zero-order valence-corrected chi connectivity index (χ0v) is 16.0. The summed E-state index contributed by atoms with van der Waals surface area (Å²) in [6.07, 6.45) is 3.03. The maximum atomic E-state index is 13.0. The lowest BCUT2D eigenvalue weighted by Crippen LogP contribution is -2.31.